The lowest BCUT2D eigenvalue weighted by Crippen LogP contribution is -2.35. The fraction of sp³-hybridized carbons (Fsp3) is 0.520. The van der Waals surface area contributed by atoms with Crippen molar-refractivity contribution in [3.63, 3.8) is 0 Å². The van der Waals surface area contributed by atoms with E-state index < -0.39 is 0 Å². The molecule has 0 radical (unpaired) electrons. The van der Waals surface area contributed by atoms with Gasteiger partial charge in [-0.05, 0) is 74.8 Å². The molecule has 28 heavy (non-hydrogen) atoms. The van der Waals surface area contributed by atoms with Crippen LogP contribution >= 0.6 is 0 Å². The first-order valence-corrected chi connectivity index (χ1v) is 11.1. The third-order valence-corrected chi connectivity index (χ3v) is 7.03. The van der Waals surface area contributed by atoms with Gasteiger partial charge in [-0.15, -0.1) is 0 Å². The number of epoxide rings is 1. The first kappa shape index (κ1) is 18.2. The van der Waals surface area contributed by atoms with E-state index in [1.165, 1.54) is 55.5 Å². The summed E-state index contributed by atoms with van der Waals surface area (Å²) >= 11 is 0. The summed E-state index contributed by atoms with van der Waals surface area (Å²) in [6.45, 7) is 3.72. The molecule has 5 atom stereocenters. The highest BCUT2D eigenvalue weighted by Gasteiger charge is 2.39. The molecule has 5 rings (SSSR count). The Morgan fingerprint density at radius 2 is 1.82 bits per heavy atom. The lowest BCUT2D eigenvalue weighted by atomic mass is 9.97. The first-order chi connectivity index (χ1) is 13.8. The zero-order valence-corrected chi connectivity index (χ0v) is 16.9. The predicted octanol–water partition coefficient (Wildman–Crippen LogP) is 5.19. The Labute approximate surface area is 169 Å². The number of hydrogen-bond donors (Lipinski definition) is 1. The molecule has 0 spiro atoms. The maximum Gasteiger partial charge on any atom is 0.155 e. The van der Waals surface area contributed by atoms with Gasteiger partial charge in [-0.2, -0.15) is 0 Å². The summed E-state index contributed by atoms with van der Waals surface area (Å²) in [5.74, 6) is 0.731. The number of rotatable bonds is 6. The SMILES string of the molecule is C[C@H]1CCCN1C1CC[C@H](c2ccc(NC3OC3Cc3ccccc3)cc2)C1. The number of likely N-dealkylation sites (tertiary alicyclic amines) is 1. The Morgan fingerprint density at radius 3 is 2.57 bits per heavy atom. The third kappa shape index (κ3) is 3.97. The quantitative estimate of drug-likeness (QED) is 0.704. The van der Waals surface area contributed by atoms with Gasteiger partial charge in [0, 0.05) is 24.2 Å². The zero-order valence-electron chi connectivity index (χ0n) is 16.9. The number of ether oxygens (including phenoxy) is 1. The molecule has 3 nitrogen and oxygen atoms in total. The lowest BCUT2D eigenvalue weighted by molar-refractivity contribution is 0.191. The van der Waals surface area contributed by atoms with E-state index in [0.29, 0.717) is 6.10 Å². The smallest absolute Gasteiger partial charge is 0.155 e. The summed E-state index contributed by atoms with van der Waals surface area (Å²) < 4.78 is 5.82. The van der Waals surface area contributed by atoms with E-state index in [-0.39, 0.29) is 6.23 Å². The molecule has 3 unspecified atom stereocenters. The number of nitrogens with one attached hydrogen (secondary N) is 1. The average molecular weight is 377 g/mol. The minimum absolute atomic E-state index is 0.151. The molecule has 0 aromatic heterocycles. The normalized spacial score (nSPS) is 32.5. The van der Waals surface area contributed by atoms with E-state index in [1.807, 2.05) is 0 Å². The highest BCUT2D eigenvalue weighted by atomic mass is 16.6. The molecule has 1 N–H and O–H groups in total. The molecule has 2 aromatic rings. The van der Waals surface area contributed by atoms with E-state index >= 15 is 0 Å². The van der Waals surface area contributed by atoms with E-state index in [0.717, 1.165) is 24.4 Å². The van der Waals surface area contributed by atoms with Gasteiger partial charge in [0.15, 0.2) is 6.23 Å². The maximum absolute atomic E-state index is 5.82. The summed E-state index contributed by atoms with van der Waals surface area (Å²) in [5.41, 5.74) is 4.03. The van der Waals surface area contributed by atoms with E-state index in [9.17, 15) is 0 Å². The Hall–Kier alpha value is -1.84. The van der Waals surface area contributed by atoms with Crippen LogP contribution in [0.25, 0.3) is 0 Å². The summed E-state index contributed by atoms with van der Waals surface area (Å²) in [6, 6.07) is 21.3. The molecule has 2 aliphatic heterocycles. The van der Waals surface area contributed by atoms with Crippen LogP contribution in [0.4, 0.5) is 5.69 Å². The Morgan fingerprint density at radius 1 is 1.00 bits per heavy atom. The van der Waals surface area contributed by atoms with Crippen molar-refractivity contribution in [2.24, 2.45) is 0 Å². The van der Waals surface area contributed by atoms with Gasteiger partial charge >= 0.3 is 0 Å². The molecule has 1 saturated carbocycles. The van der Waals surface area contributed by atoms with Gasteiger partial charge in [0.1, 0.15) is 6.10 Å². The van der Waals surface area contributed by atoms with Crippen LogP contribution in [-0.2, 0) is 11.2 Å². The van der Waals surface area contributed by atoms with Gasteiger partial charge < -0.3 is 10.1 Å². The second kappa shape index (κ2) is 7.88. The number of anilines is 1. The molecule has 148 valence electrons. The van der Waals surface area contributed by atoms with Crippen LogP contribution < -0.4 is 5.32 Å². The average Bonchev–Trinajstić information content (AvgIpc) is 3.09. The van der Waals surface area contributed by atoms with Crippen LogP contribution in [0.5, 0.6) is 0 Å². The number of benzene rings is 2. The minimum Gasteiger partial charge on any atom is -0.358 e. The molecule has 3 heteroatoms. The lowest BCUT2D eigenvalue weighted by Gasteiger charge is -2.28. The minimum atomic E-state index is 0.151. The molecule has 2 saturated heterocycles. The highest BCUT2D eigenvalue weighted by Crippen LogP contribution is 2.39. The topological polar surface area (TPSA) is 27.8 Å². The standard InChI is InChI=1S/C25H32N2O/c1-18-6-5-15-27(18)23-14-11-21(17-23)20-9-12-22(13-10-20)26-25-24(28-25)16-19-7-3-2-4-8-19/h2-4,7-10,12-13,18,21,23-26H,5-6,11,14-17H2,1H3/t18-,21-,23?,24?,25?/m0/s1. The van der Waals surface area contributed by atoms with Crippen LogP contribution in [0.1, 0.15) is 56.1 Å². The van der Waals surface area contributed by atoms with E-state index in [2.05, 4.69) is 71.7 Å². The molecule has 3 fully saturated rings. The fourth-order valence-electron chi connectivity index (χ4n) is 5.35. The Kier molecular flexibility index (Phi) is 5.13. The van der Waals surface area contributed by atoms with Gasteiger partial charge in [-0.1, -0.05) is 42.5 Å². The van der Waals surface area contributed by atoms with Crippen molar-refractivity contribution in [3.8, 4) is 0 Å². The van der Waals surface area contributed by atoms with Gasteiger partial charge in [-0.3, -0.25) is 4.90 Å². The van der Waals surface area contributed by atoms with Crippen LogP contribution in [-0.4, -0.2) is 35.9 Å². The van der Waals surface area contributed by atoms with Crippen molar-refractivity contribution in [3.05, 3.63) is 65.7 Å². The van der Waals surface area contributed by atoms with Crippen LogP contribution in [0.15, 0.2) is 54.6 Å². The van der Waals surface area contributed by atoms with Gasteiger partial charge in [0.05, 0.1) is 0 Å². The largest absolute Gasteiger partial charge is 0.358 e. The molecular formula is C25H32N2O. The van der Waals surface area contributed by atoms with Crippen molar-refractivity contribution in [1.29, 1.82) is 0 Å². The molecular weight excluding hydrogens is 344 g/mol. The second-order valence-corrected chi connectivity index (χ2v) is 8.94. The van der Waals surface area contributed by atoms with Crippen molar-refractivity contribution in [2.45, 2.75) is 75.8 Å². The molecule has 2 heterocycles. The molecule has 0 bridgehead atoms. The van der Waals surface area contributed by atoms with Gasteiger partial charge in [0.25, 0.3) is 0 Å². The van der Waals surface area contributed by atoms with Crippen LogP contribution in [0, 0.1) is 0 Å². The third-order valence-electron chi connectivity index (χ3n) is 7.03. The highest BCUT2D eigenvalue weighted by molar-refractivity contribution is 5.47. The summed E-state index contributed by atoms with van der Waals surface area (Å²) in [4.78, 5) is 2.77. The summed E-state index contributed by atoms with van der Waals surface area (Å²) in [7, 11) is 0. The summed E-state index contributed by atoms with van der Waals surface area (Å²) in [6.07, 6.45) is 8.24. The van der Waals surface area contributed by atoms with Crippen molar-refractivity contribution < 1.29 is 4.74 Å². The van der Waals surface area contributed by atoms with Crippen LogP contribution in [0.2, 0.25) is 0 Å². The van der Waals surface area contributed by atoms with Crippen molar-refractivity contribution in [2.75, 3.05) is 11.9 Å². The van der Waals surface area contributed by atoms with Gasteiger partial charge in [0.2, 0.25) is 0 Å². The zero-order chi connectivity index (χ0) is 18.9. The molecule has 1 aliphatic carbocycles. The Balaban J connectivity index is 1.13. The number of nitrogens with zero attached hydrogens (tertiary/aromatic N) is 1. The predicted molar refractivity (Wildman–Crippen MR) is 115 cm³/mol. The first-order valence-electron chi connectivity index (χ1n) is 11.1. The maximum atomic E-state index is 5.82. The Bertz CT molecular complexity index is 775. The van der Waals surface area contributed by atoms with Crippen molar-refractivity contribution >= 4 is 5.69 Å². The summed E-state index contributed by atoms with van der Waals surface area (Å²) in [5, 5.41) is 3.53. The molecule has 2 aromatic carbocycles. The van der Waals surface area contributed by atoms with E-state index in [4.69, 9.17) is 4.74 Å². The fourth-order valence-corrected chi connectivity index (χ4v) is 5.35. The molecule has 3 aliphatic rings. The number of hydrogen-bond acceptors (Lipinski definition) is 3. The van der Waals surface area contributed by atoms with Gasteiger partial charge in [-0.25, -0.2) is 0 Å². The van der Waals surface area contributed by atoms with Crippen molar-refractivity contribution in [1.82, 2.24) is 4.90 Å². The van der Waals surface area contributed by atoms with Crippen LogP contribution in [0.3, 0.4) is 0 Å². The monoisotopic (exact) mass is 376 g/mol. The van der Waals surface area contributed by atoms with E-state index in [1.54, 1.807) is 0 Å². The molecule has 0 amide bonds. The second-order valence-electron chi connectivity index (χ2n) is 8.94.